The first-order valence-electron chi connectivity index (χ1n) is 6.97. The standard InChI is InChI=1S/C17H9BrF3NO3/c18-9-2-1-8(12(19)3-9)6-22-7-11(17(24)25)16(23)10-4-13(20)14(21)5-15(10)22/h1-5,7H,6H2,(H,24,25). The second-order valence-corrected chi connectivity index (χ2v) is 6.24. The van der Waals surface area contributed by atoms with Crippen LogP contribution in [0.2, 0.25) is 0 Å². The molecule has 3 rings (SSSR count). The summed E-state index contributed by atoms with van der Waals surface area (Å²) in [4.78, 5) is 23.5. The summed E-state index contributed by atoms with van der Waals surface area (Å²) in [5.74, 6) is -4.55. The van der Waals surface area contributed by atoms with E-state index in [1.807, 2.05) is 0 Å². The molecular weight excluding hydrogens is 403 g/mol. The molecule has 3 aromatic rings. The minimum Gasteiger partial charge on any atom is -0.477 e. The van der Waals surface area contributed by atoms with Crippen LogP contribution < -0.4 is 5.43 Å². The summed E-state index contributed by atoms with van der Waals surface area (Å²) < 4.78 is 42.9. The SMILES string of the molecule is O=C(O)c1cn(Cc2ccc(Br)cc2F)c2cc(F)c(F)cc2c1=O. The molecule has 0 radical (unpaired) electrons. The van der Waals surface area contributed by atoms with E-state index in [-0.39, 0.29) is 23.0 Å². The third-order valence-corrected chi connectivity index (χ3v) is 4.20. The zero-order valence-corrected chi connectivity index (χ0v) is 14.0. The van der Waals surface area contributed by atoms with Crippen molar-refractivity contribution in [2.45, 2.75) is 6.54 Å². The molecule has 0 spiro atoms. The lowest BCUT2D eigenvalue weighted by molar-refractivity contribution is 0.0695. The Morgan fingerprint density at radius 2 is 1.76 bits per heavy atom. The number of aromatic nitrogens is 1. The maximum absolute atomic E-state index is 14.1. The van der Waals surface area contributed by atoms with Crippen molar-refractivity contribution < 1.29 is 23.1 Å². The van der Waals surface area contributed by atoms with Gasteiger partial charge in [0.15, 0.2) is 11.6 Å². The van der Waals surface area contributed by atoms with Gasteiger partial charge in [0, 0.05) is 27.7 Å². The number of fused-ring (bicyclic) bond motifs is 1. The van der Waals surface area contributed by atoms with Gasteiger partial charge in [-0.3, -0.25) is 4.79 Å². The summed E-state index contributed by atoms with van der Waals surface area (Å²) in [6, 6.07) is 5.70. The van der Waals surface area contributed by atoms with Gasteiger partial charge in [-0.1, -0.05) is 22.0 Å². The summed E-state index contributed by atoms with van der Waals surface area (Å²) in [5.41, 5.74) is -1.39. The average Bonchev–Trinajstić information content (AvgIpc) is 2.54. The Balaban J connectivity index is 2.29. The van der Waals surface area contributed by atoms with Crippen molar-refractivity contribution >= 4 is 32.8 Å². The fourth-order valence-electron chi connectivity index (χ4n) is 2.50. The van der Waals surface area contributed by atoms with Crippen molar-refractivity contribution in [3.63, 3.8) is 0 Å². The lowest BCUT2D eigenvalue weighted by atomic mass is 10.1. The molecule has 0 aliphatic heterocycles. The lowest BCUT2D eigenvalue weighted by Crippen LogP contribution is -2.20. The molecule has 25 heavy (non-hydrogen) atoms. The molecule has 0 bridgehead atoms. The van der Waals surface area contributed by atoms with E-state index in [0.717, 1.165) is 12.3 Å². The van der Waals surface area contributed by atoms with Gasteiger partial charge in [0.2, 0.25) is 5.43 Å². The van der Waals surface area contributed by atoms with Gasteiger partial charge < -0.3 is 9.67 Å². The Kier molecular flexibility index (Phi) is 4.38. The molecule has 2 aromatic carbocycles. The largest absolute Gasteiger partial charge is 0.477 e. The van der Waals surface area contributed by atoms with Crippen molar-refractivity contribution in [2.24, 2.45) is 0 Å². The number of rotatable bonds is 3. The van der Waals surface area contributed by atoms with Gasteiger partial charge >= 0.3 is 5.97 Å². The molecule has 1 aromatic heterocycles. The molecule has 0 aliphatic rings. The Bertz CT molecular complexity index is 1080. The first kappa shape index (κ1) is 17.2. The number of nitrogens with zero attached hydrogens (tertiary/aromatic N) is 1. The lowest BCUT2D eigenvalue weighted by Gasteiger charge is -2.13. The Labute approximate surface area is 147 Å². The number of aromatic carboxylic acids is 1. The zero-order valence-electron chi connectivity index (χ0n) is 12.4. The van der Waals surface area contributed by atoms with E-state index >= 15 is 0 Å². The number of pyridine rings is 1. The van der Waals surface area contributed by atoms with Crippen LogP contribution in [0.25, 0.3) is 10.9 Å². The van der Waals surface area contributed by atoms with Crippen LogP contribution in [0.4, 0.5) is 13.2 Å². The third-order valence-electron chi connectivity index (χ3n) is 3.71. The van der Waals surface area contributed by atoms with Crippen LogP contribution in [-0.2, 0) is 6.54 Å². The van der Waals surface area contributed by atoms with Crippen molar-refractivity contribution in [1.82, 2.24) is 4.57 Å². The van der Waals surface area contributed by atoms with Gasteiger partial charge in [0.05, 0.1) is 12.1 Å². The molecule has 0 saturated carbocycles. The van der Waals surface area contributed by atoms with Crippen molar-refractivity contribution in [3.05, 3.63) is 79.8 Å². The molecule has 0 fully saturated rings. The van der Waals surface area contributed by atoms with Crippen LogP contribution in [0.15, 0.2) is 45.8 Å². The second-order valence-electron chi connectivity index (χ2n) is 5.32. The predicted octanol–water partition coefficient (Wildman–Crippen LogP) is 3.93. The van der Waals surface area contributed by atoms with E-state index in [1.54, 1.807) is 6.07 Å². The highest BCUT2D eigenvalue weighted by molar-refractivity contribution is 9.10. The molecule has 0 aliphatic carbocycles. The number of carboxylic acids is 1. The van der Waals surface area contributed by atoms with Gasteiger partial charge in [-0.25, -0.2) is 18.0 Å². The van der Waals surface area contributed by atoms with E-state index < -0.39 is 34.4 Å². The number of hydrogen-bond donors (Lipinski definition) is 1. The smallest absolute Gasteiger partial charge is 0.341 e. The molecule has 128 valence electrons. The third kappa shape index (κ3) is 3.17. The van der Waals surface area contributed by atoms with Crippen LogP contribution in [0, 0.1) is 17.5 Å². The van der Waals surface area contributed by atoms with Crippen molar-refractivity contribution in [3.8, 4) is 0 Å². The molecule has 0 amide bonds. The fourth-order valence-corrected chi connectivity index (χ4v) is 2.83. The maximum atomic E-state index is 14.1. The summed E-state index contributed by atoms with van der Waals surface area (Å²) in [7, 11) is 0. The molecule has 0 saturated heterocycles. The average molecular weight is 412 g/mol. The Morgan fingerprint density at radius 3 is 2.40 bits per heavy atom. The highest BCUT2D eigenvalue weighted by atomic mass is 79.9. The Hall–Kier alpha value is -2.61. The fraction of sp³-hybridized carbons (Fsp3) is 0.0588. The zero-order chi connectivity index (χ0) is 18.3. The molecule has 0 atom stereocenters. The number of carboxylic acid groups (broad SMARTS) is 1. The Morgan fingerprint density at radius 1 is 1.08 bits per heavy atom. The van der Waals surface area contributed by atoms with E-state index in [1.165, 1.54) is 16.7 Å². The van der Waals surface area contributed by atoms with E-state index in [0.29, 0.717) is 10.5 Å². The maximum Gasteiger partial charge on any atom is 0.341 e. The van der Waals surface area contributed by atoms with Crippen LogP contribution in [0.5, 0.6) is 0 Å². The molecule has 4 nitrogen and oxygen atoms in total. The van der Waals surface area contributed by atoms with Crippen LogP contribution in [0.3, 0.4) is 0 Å². The van der Waals surface area contributed by atoms with Gasteiger partial charge in [0.25, 0.3) is 0 Å². The monoisotopic (exact) mass is 411 g/mol. The summed E-state index contributed by atoms with van der Waals surface area (Å²) in [6.07, 6.45) is 0.992. The van der Waals surface area contributed by atoms with Crippen molar-refractivity contribution in [2.75, 3.05) is 0 Å². The first-order valence-corrected chi connectivity index (χ1v) is 7.76. The topological polar surface area (TPSA) is 59.3 Å². The van der Waals surface area contributed by atoms with Gasteiger partial charge in [-0.2, -0.15) is 0 Å². The first-order chi connectivity index (χ1) is 11.8. The van der Waals surface area contributed by atoms with E-state index in [4.69, 9.17) is 5.11 Å². The second kappa shape index (κ2) is 6.36. The molecule has 8 heteroatoms. The number of benzene rings is 2. The van der Waals surface area contributed by atoms with E-state index in [2.05, 4.69) is 15.9 Å². The highest BCUT2D eigenvalue weighted by Gasteiger charge is 2.18. The summed E-state index contributed by atoms with van der Waals surface area (Å²) in [5, 5.41) is 8.87. The van der Waals surface area contributed by atoms with Gasteiger partial charge in [0.1, 0.15) is 11.4 Å². The minimum absolute atomic E-state index is 0.0313. The molecular formula is C17H9BrF3NO3. The van der Waals surface area contributed by atoms with Crippen molar-refractivity contribution in [1.29, 1.82) is 0 Å². The number of carbonyl (C=O) groups is 1. The van der Waals surface area contributed by atoms with Crippen LogP contribution in [-0.4, -0.2) is 15.6 Å². The summed E-state index contributed by atoms with van der Waals surface area (Å²) in [6.45, 7) is -0.165. The predicted molar refractivity (Wildman–Crippen MR) is 88.3 cm³/mol. The number of hydrogen-bond acceptors (Lipinski definition) is 2. The quantitative estimate of drug-likeness (QED) is 0.710. The van der Waals surface area contributed by atoms with Crippen LogP contribution in [0.1, 0.15) is 15.9 Å². The molecule has 0 unspecified atom stereocenters. The molecule has 1 N–H and O–H groups in total. The van der Waals surface area contributed by atoms with Crippen LogP contribution >= 0.6 is 15.9 Å². The normalized spacial score (nSPS) is 11.0. The highest BCUT2D eigenvalue weighted by Crippen LogP contribution is 2.21. The summed E-state index contributed by atoms with van der Waals surface area (Å²) >= 11 is 3.12. The number of halogens is 4. The van der Waals surface area contributed by atoms with Gasteiger partial charge in [-0.05, 0) is 18.2 Å². The minimum atomic E-state index is -1.51. The van der Waals surface area contributed by atoms with E-state index in [9.17, 15) is 22.8 Å². The van der Waals surface area contributed by atoms with Gasteiger partial charge in [-0.15, -0.1) is 0 Å². The molecule has 1 heterocycles.